The average Bonchev–Trinajstić information content (AvgIpc) is 1.26. The molecule has 36 nitrogen and oxygen atoms in total. The molecule has 37 heteroatoms. The fourth-order valence-corrected chi connectivity index (χ4v) is 16.6. The molecular formula is C96H130N14O22S. The Kier molecular flexibility index (Phi) is 43.8. The van der Waals surface area contributed by atoms with E-state index in [9.17, 15) is 102 Å². The summed E-state index contributed by atoms with van der Waals surface area (Å²) in [5.41, 5.74) is 15.2. The minimum atomic E-state index is -1.30. The quantitative estimate of drug-likeness (QED) is 0.0127. The first kappa shape index (κ1) is 107. The van der Waals surface area contributed by atoms with Crippen molar-refractivity contribution in [2.45, 2.75) is 257 Å². The number of aromatic hydroxyl groups is 1. The summed E-state index contributed by atoms with van der Waals surface area (Å²) in [7, 11) is 0. The van der Waals surface area contributed by atoms with Gasteiger partial charge in [0, 0.05) is 195 Å². The summed E-state index contributed by atoms with van der Waals surface area (Å²) >= 11 is 1.15. The van der Waals surface area contributed by atoms with Crippen LogP contribution in [0.5, 0.6) is 5.75 Å². The Morgan fingerprint density at radius 1 is 0.421 bits per heavy atom. The first-order valence-electron chi connectivity index (χ1n) is 45.2. The van der Waals surface area contributed by atoms with Crippen LogP contribution in [0.25, 0.3) is 44.3 Å². The minimum Gasteiger partial charge on any atom is -0.508 e. The molecule has 0 saturated heterocycles. The first-order valence-corrected chi connectivity index (χ1v) is 46.4. The van der Waals surface area contributed by atoms with Crippen molar-refractivity contribution in [1.29, 1.82) is 0 Å². The van der Waals surface area contributed by atoms with Gasteiger partial charge in [-0.2, -0.15) is 11.8 Å². The fourth-order valence-electron chi connectivity index (χ4n) is 15.8. The number of aromatic carboxylic acids is 1. The standard InChI is InChI=1S/C96H130N14O22S/c1-54(2)36-65(105-88(120)49-76(55(3)4)108-85(117)40-60(18-14-33-97)100-81(113)32-35-133-53-91(123)104-62-22-27-71(74(39-62)96(130)131)95-72-28-25-68(111)47-79(72)132-80-48-69(112)26-29-73(80)95)43-82(114)102-63(23-30-92(124)125)42-87(119)110-78(57(7)8)51-90(122)107-67(38-59-52-99-75-21-13-12-20-70(59)75)45-84(116)101-61(19-15-34-98)41-86(118)109-77(56(5)6)50-89(121)106-66(37-58-16-10-9-11-17-58)44-83(115)103-64(46-94(128)129)24-31-93(126)127/h9-13,16-17,20-22,25-29,39,47-48,52,54-57,60-61,63-67,76-78,99,111H,14-15,18-19,23-24,30-38,40-46,49-51,53,97-98H2,1-8H3,(H,100,113)(H,101,116)(H,102,114)(H,103,115)(H,104,123)(H,105,120)(H,106,121)(H,107,122)(H,108,117)(H,109,118)(H,110,119)(H,124,125)(H,126,127)(H,128,129)(H,130,131)/t60-,61-,63-,64-,65-,66-,67-,76-,77-,78-/m0/s1. The molecule has 0 radical (unpaired) electrons. The van der Waals surface area contributed by atoms with Gasteiger partial charge >= 0.3 is 23.9 Å². The minimum absolute atomic E-state index is 0.0357. The molecule has 1 aliphatic carbocycles. The number of fused-ring (bicyclic) bond motifs is 3. The maximum absolute atomic E-state index is 14.4. The number of aromatic amines is 1. The van der Waals surface area contributed by atoms with Gasteiger partial charge in [0.25, 0.3) is 0 Å². The molecule has 7 rings (SSSR count). The Hall–Kier alpha value is -12.8. The van der Waals surface area contributed by atoms with Crippen molar-refractivity contribution in [2.24, 2.45) is 35.1 Å². The first-order chi connectivity index (χ1) is 63.2. The van der Waals surface area contributed by atoms with Gasteiger partial charge in [-0.25, -0.2) is 4.79 Å². The number of phenolic OH excluding ortho intramolecular Hbond substituents is 1. The van der Waals surface area contributed by atoms with E-state index < -0.39 is 169 Å². The predicted octanol–water partition coefficient (Wildman–Crippen LogP) is 8.05. The summed E-state index contributed by atoms with van der Waals surface area (Å²) in [6, 6.07) is 21.2. The van der Waals surface area contributed by atoms with Gasteiger partial charge < -0.3 is 105 Å². The molecular weight excluding hydrogens is 1730 g/mol. The monoisotopic (exact) mass is 1860 g/mol. The SMILES string of the molecule is CC(C)C[C@@H](CC(=O)N[C@@H](CCC(=O)O)CC(=O)N[C@@H](CC(=O)N[C@H](CC(=O)N[C@@H](CCCN)CC(=O)N[C@@H](CC(=O)N[C@H](CC(=O)N[C@@H](CCC(=O)O)CC(=O)O)Cc1ccccc1)C(C)C)Cc1c[nH]c2ccccc12)C(C)C)NC(=O)C[C@H](NC(=O)C[C@H](CCCN)NC(=O)CCSCC(=O)Nc1ccc(-c2c3ccc(=O)cc-3oc3cc(O)ccc23)c(C(=O)O)c1)C(C)C. The highest BCUT2D eigenvalue weighted by molar-refractivity contribution is 7.99. The number of rotatable bonds is 59. The van der Waals surface area contributed by atoms with Gasteiger partial charge in [0.05, 0.1) is 17.7 Å². The Labute approximate surface area is 776 Å². The zero-order valence-corrected chi connectivity index (χ0v) is 77.5. The molecule has 2 heterocycles. The highest BCUT2D eigenvalue weighted by Gasteiger charge is 2.33. The van der Waals surface area contributed by atoms with E-state index in [2.05, 4.69) is 63.5 Å². The maximum atomic E-state index is 14.4. The number of carbonyl (C=O) groups is 15. The normalized spacial score (nSPS) is 13.7. The third-order valence-corrected chi connectivity index (χ3v) is 23.5. The number of aromatic nitrogens is 1. The van der Waals surface area contributed by atoms with E-state index in [1.165, 1.54) is 48.5 Å². The number of phenols is 1. The number of carboxylic acid groups (broad SMARTS) is 4. The van der Waals surface area contributed by atoms with E-state index in [0.29, 0.717) is 42.2 Å². The molecule has 21 N–H and O–H groups in total. The number of aliphatic carboxylic acids is 3. The average molecular weight is 1860 g/mol. The molecule has 0 bridgehead atoms. The number of hydrogen-bond acceptors (Lipinski definition) is 21. The summed E-state index contributed by atoms with van der Waals surface area (Å²) in [6.07, 6.45) is -0.0365. The zero-order valence-electron chi connectivity index (χ0n) is 76.7. The van der Waals surface area contributed by atoms with Gasteiger partial charge in [-0.1, -0.05) is 110 Å². The predicted molar refractivity (Wildman–Crippen MR) is 503 cm³/mol. The molecule has 4 aromatic carbocycles. The number of thioether (sulfide) groups is 1. The molecule has 2 aliphatic rings. The fraction of sp³-hybridized carbons (Fsp3) is 0.500. The molecule has 0 saturated carbocycles. The number of H-pyrrole nitrogens is 1. The largest absolute Gasteiger partial charge is 0.508 e. The molecule has 1 aromatic heterocycles. The van der Waals surface area contributed by atoms with Crippen molar-refractivity contribution in [3.05, 3.63) is 142 Å². The molecule has 0 fully saturated rings. The molecule has 10 atom stereocenters. The van der Waals surface area contributed by atoms with Crippen LogP contribution in [-0.4, -0.2) is 204 Å². The summed E-state index contributed by atoms with van der Waals surface area (Å²) in [4.78, 5) is 216. The summed E-state index contributed by atoms with van der Waals surface area (Å²) < 4.78 is 5.92. The van der Waals surface area contributed by atoms with Crippen molar-refractivity contribution in [1.82, 2.24) is 58.2 Å². The maximum Gasteiger partial charge on any atom is 0.336 e. The molecule has 133 heavy (non-hydrogen) atoms. The number of anilines is 1. The number of para-hydroxylation sites is 1. The lowest BCUT2D eigenvalue weighted by molar-refractivity contribution is -0.140. The van der Waals surface area contributed by atoms with Crippen LogP contribution in [0.2, 0.25) is 0 Å². The molecule has 722 valence electrons. The van der Waals surface area contributed by atoms with Gasteiger partial charge in [0.2, 0.25) is 65.0 Å². The van der Waals surface area contributed by atoms with Gasteiger partial charge in [-0.15, -0.1) is 0 Å². The van der Waals surface area contributed by atoms with Gasteiger partial charge in [-0.05, 0) is 154 Å². The van der Waals surface area contributed by atoms with E-state index in [1.807, 2.05) is 77.9 Å². The molecule has 0 spiro atoms. The third-order valence-electron chi connectivity index (χ3n) is 22.6. The Morgan fingerprint density at radius 3 is 1.38 bits per heavy atom. The number of carboxylic acids is 4. The number of carbonyl (C=O) groups excluding carboxylic acids is 11. The van der Waals surface area contributed by atoms with Crippen LogP contribution >= 0.6 is 11.8 Å². The van der Waals surface area contributed by atoms with Gasteiger partial charge in [0.15, 0.2) is 5.43 Å². The van der Waals surface area contributed by atoms with Crippen LogP contribution in [0.15, 0.2) is 125 Å². The number of amides is 11. The smallest absolute Gasteiger partial charge is 0.336 e. The zero-order chi connectivity index (χ0) is 97.5. The van der Waals surface area contributed by atoms with Crippen LogP contribution in [0.1, 0.15) is 205 Å². The van der Waals surface area contributed by atoms with E-state index >= 15 is 0 Å². The Balaban J connectivity index is 0.908. The molecule has 11 amide bonds. The molecule has 5 aromatic rings. The van der Waals surface area contributed by atoms with Gasteiger partial charge in [-0.3, -0.25) is 71.9 Å². The van der Waals surface area contributed by atoms with E-state index in [4.69, 9.17) is 15.9 Å². The van der Waals surface area contributed by atoms with Crippen LogP contribution in [0, 0.1) is 23.7 Å². The summed E-state index contributed by atoms with van der Waals surface area (Å²) in [5.74, 6) is -11.4. The van der Waals surface area contributed by atoms with Crippen LogP contribution in [-0.2, 0) is 80.0 Å². The summed E-state index contributed by atoms with van der Waals surface area (Å²) in [6.45, 7) is 15.1. The number of nitrogens with one attached hydrogen (secondary N) is 12. The molecule has 0 unspecified atom stereocenters. The van der Waals surface area contributed by atoms with Crippen molar-refractivity contribution < 1.29 is 102 Å². The van der Waals surface area contributed by atoms with Crippen molar-refractivity contribution in [3.8, 4) is 28.2 Å². The van der Waals surface area contributed by atoms with E-state index in [1.54, 1.807) is 44.3 Å². The van der Waals surface area contributed by atoms with E-state index in [0.717, 1.165) is 33.8 Å². The highest BCUT2D eigenvalue weighted by Crippen LogP contribution is 2.43. The number of hydrogen-bond donors (Lipinski definition) is 19. The lowest BCUT2D eigenvalue weighted by Gasteiger charge is -2.27. The Bertz CT molecular complexity index is 5170. The second-order valence-corrected chi connectivity index (χ2v) is 36.5. The van der Waals surface area contributed by atoms with Crippen LogP contribution in [0.4, 0.5) is 5.69 Å². The second kappa shape index (κ2) is 54.3. The van der Waals surface area contributed by atoms with E-state index in [-0.39, 0.29) is 184 Å². The van der Waals surface area contributed by atoms with Gasteiger partial charge in [0.1, 0.15) is 17.1 Å². The summed E-state index contributed by atoms with van der Waals surface area (Å²) in [5, 5.41) is 82.1. The van der Waals surface area contributed by atoms with Crippen molar-refractivity contribution >= 4 is 128 Å². The van der Waals surface area contributed by atoms with Crippen molar-refractivity contribution in [2.75, 3.05) is 29.9 Å². The Morgan fingerprint density at radius 2 is 0.872 bits per heavy atom. The molecule has 1 aliphatic heterocycles. The van der Waals surface area contributed by atoms with Crippen molar-refractivity contribution in [3.63, 3.8) is 0 Å². The third kappa shape index (κ3) is 38.2. The highest BCUT2D eigenvalue weighted by atomic mass is 32.2. The lowest BCUT2D eigenvalue weighted by atomic mass is 9.90. The number of benzene rings is 5. The lowest BCUT2D eigenvalue weighted by Crippen LogP contribution is -2.49. The van der Waals surface area contributed by atoms with Crippen LogP contribution < -0.4 is 75.4 Å². The second-order valence-electron chi connectivity index (χ2n) is 35.4. The number of nitrogens with two attached hydrogens (primary N) is 2. The van der Waals surface area contributed by atoms with Crippen LogP contribution in [0.3, 0.4) is 0 Å². The topological polar surface area (TPSA) is 588 Å².